The normalized spacial score (nSPS) is 18.0. The predicted molar refractivity (Wildman–Crippen MR) is 97.2 cm³/mol. The molecule has 0 radical (unpaired) electrons. The first-order valence-electron chi connectivity index (χ1n) is 8.15. The predicted octanol–water partition coefficient (Wildman–Crippen LogP) is 5.42. The van der Waals surface area contributed by atoms with Gasteiger partial charge in [0.15, 0.2) is 0 Å². The number of nitrogens with zero attached hydrogens (tertiary/aromatic N) is 1. The molecule has 1 aliphatic rings. The lowest BCUT2D eigenvalue weighted by Gasteiger charge is -2.37. The van der Waals surface area contributed by atoms with Crippen molar-refractivity contribution < 1.29 is 23.1 Å². The number of carboxylic acids is 1. The van der Waals surface area contributed by atoms with E-state index in [4.69, 9.17) is 0 Å². The first kappa shape index (κ1) is 19.4. The Hall–Kier alpha value is -1.38. The Kier molecular flexibility index (Phi) is 5.74. The SMILES string of the molecule is O=C(O)C1CCN(C(c2ccc(Br)s2)c2ccccc2C(F)(F)F)CC1. The Bertz CT molecular complexity index is 785. The van der Waals surface area contributed by atoms with E-state index in [0.29, 0.717) is 25.9 Å². The molecule has 0 spiro atoms. The Labute approximate surface area is 161 Å². The van der Waals surface area contributed by atoms with Crippen LogP contribution in [0, 0.1) is 5.92 Å². The van der Waals surface area contributed by atoms with E-state index in [1.807, 2.05) is 17.0 Å². The zero-order valence-corrected chi connectivity index (χ0v) is 16.1. The summed E-state index contributed by atoms with van der Waals surface area (Å²) in [6.07, 6.45) is -3.57. The summed E-state index contributed by atoms with van der Waals surface area (Å²) in [5, 5.41) is 9.18. The van der Waals surface area contributed by atoms with Crippen molar-refractivity contribution in [3.8, 4) is 0 Å². The first-order valence-corrected chi connectivity index (χ1v) is 9.76. The van der Waals surface area contributed by atoms with Gasteiger partial charge in [-0.15, -0.1) is 11.3 Å². The summed E-state index contributed by atoms with van der Waals surface area (Å²) in [7, 11) is 0. The summed E-state index contributed by atoms with van der Waals surface area (Å²) in [6, 6.07) is 8.75. The van der Waals surface area contributed by atoms with Crippen molar-refractivity contribution in [3.05, 3.63) is 56.2 Å². The van der Waals surface area contributed by atoms with Gasteiger partial charge in [0.1, 0.15) is 0 Å². The number of carboxylic acid groups (broad SMARTS) is 1. The molecular weight excluding hydrogens is 431 g/mol. The molecule has 140 valence electrons. The van der Waals surface area contributed by atoms with Crippen molar-refractivity contribution in [1.29, 1.82) is 0 Å². The van der Waals surface area contributed by atoms with Gasteiger partial charge in [-0.3, -0.25) is 9.69 Å². The maximum atomic E-state index is 13.6. The smallest absolute Gasteiger partial charge is 0.416 e. The van der Waals surface area contributed by atoms with Crippen molar-refractivity contribution in [2.24, 2.45) is 5.92 Å². The molecule has 2 aromatic rings. The number of hydrogen-bond acceptors (Lipinski definition) is 3. The lowest BCUT2D eigenvalue weighted by atomic mass is 9.92. The molecule has 1 fully saturated rings. The van der Waals surface area contributed by atoms with Gasteiger partial charge in [-0.05, 0) is 65.6 Å². The number of piperidine rings is 1. The van der Waals surface area contributed by atoms with E-state index in [9.17, 15) is 23.1 Å². The molecular formula is C18H17BrF3NO2S. The molecule has 8 heteroatoms. The third-order valence-corrected chi connectivity index (χ3v) is 6.34. The van der Waals surface area contributed by atoms with Crippen LogP contribution in [-0.4, -0.2) is 29.1 Å². The van der Waals surface area contributed by atoms with Crippen LogP contribution in [-0.2, 0) is 11.0 Å². The summed E-state index contributed by atoms with van der Waals surface area (Å²) in [4.78, 5) is 14.0. The first-order chi connectivity index (χ1) is 12.3. The molecule has 3 nitrogen and oxygen atoms in total. The van der Waals surface area contributed by atoms with Gasteiger partial charge in [-0.2, -0.15) is 13.2 Å². The van der Waals surface area contributed by atoms with E-state index in [1.165, 1.54) is 23.5 Å². The van der Waals surface area contributed by atoms with Gasteiger partial charge in [0.05, 0.1) is 21.3 Å². The zero-order valence-electron chi connectivity index (χ0n) is 13.7. The average molecular weight is 448 g/mol. The van der Waals surface area contributed by atoms with Crippen molar-refractivity contribution in [2.75, 3.05) is 13.1 Å². The number of alkyl halides is 3. The van der Waals surface area contributed by atoms with Gasteiger partial charge < -0.3 is 5.11 Å². The highest BCUT2D eigenvalue weighted by Crippen LogP contribution is 2.42. The molecule has 0 aliphatic carbocycles. The third kappa shape index (κ3) is 4.13. The van der Waals surface area contributed by atoms with Crippen molar-refractivity contribution >= 4 is 33.2 Å². The fraction of sp³-hybridized carbons (Fsp3) is 0.389. The molecule has 1 saturated heterocycles. The minimum Gasteiger partial charge on any atom is -0.481 e. The number of halogens is 4. The topological polar surface area (TPSA) is 40.5 Å². The Morgan fingerprint density at radius 1 is 1.19 bits per heavy atom. The van der Waals surface area contributed by atoms with Gasteiger partial charge in [-0.25, -0.2) is 0 Å². The molecule has 26 heavy (non-hydrogen) atoms. The van der Waals surface area contributed by atoms with Crippen LogP contribution in [0.15, 0.2) is 40.2 Å². The zero-order chi connectivity index (χ0) is 18.9. The molecule has 1 aliphatic heterocycles. The second-order valence-electron chi connectivity index (χ2n) is 6.28. The van der Waals surface area contributed by atoms with Crippen LogP contribution >= 0.6 is 27.3 Å². The number of aliphatic carboxylic acids is 1. The van der Waals surface area contributed by atoms with Crippen LogP contribution in [0.2, 0.25) is 0 Å². The minimum atomic E-state index is -4.44. The number of likely N-dealkylation sites (tertiary alicyclic amines) is 1. The lowest BCUT2D eigenvalue weighted by Crippen LogP contribution is -2.39. The molecule has 0 saturated carbocycles. The van der Waals surface area contributed by atoms with E-state index in [-0.39, 0.29) is 5.56 Å². The van der Waals surface area contributed by atoms with Crippen molar-refractivity contribution in [3.63, 3.8) is 0 Å². The summed E-state index contributed by atoms with van der Waals surface area (Å²) < 4.78 is 41.5. The second-order valence-corrected chi connectivity index (χ2v) is 8.77. The fourth-order valence-corrected chi connectivity index (χ4v) is 4.98. The van der Waals surface area contributed by atoms with Gasteiger partial charge >= 0.3 is 12.1 Å². The van der Waals surface area contributed by atoms with Gasteiger partial charge in [0.25, 0.3) is 0 Å². The Balaban J connectivity index is 2.00. The molecule has 0 bridgehead atoms. The molecule has 1 aromatic carbocycles. The van der Waals surface area contributed by atoms with Crippen LogP contribution in [0.4, 0.5) is 13.2 Å². The van der Waals surface area contributed by atoms with E-state index < -0.39 is 29.7 Å². The van der Waals surface area contributed by atoms with Gasteiger partial charge in [-0.1, -0.05) is 18.2 Å². The van der Waals surface area contributed by atoms with Crippen molar-refractivity contribution in [2.45, 2.75) is 25.1 Å². The van der Waals surface area contributed by atoms with E-state index in [1.54, 1.807) is 6.07 Å². The molecule has 1 atom stereocenters. The third-order valence-electron chi connectivity index (χ3n) is 4.67. The molecule has 3 rings (SSSR count). The second kappa shape index (κ2) is 7.70. The van der Waals surface area contributed by atoms with Crippen molar-refractivity contribution in [1.82, 2.24) is 4.90 Å². The van der Waals surface area contributed by atoms with Gasteiger partial charge in [0, 0.05) is 4.88 Å². The van der Waals surface area contributed by atoms with Crippen LogP contribution in [0.5, 0.6) is 0 Å². The average Bonchev–Trinajstić information content (AvgIpc) is 3.01. The summed E-state index contributed by atoms with van der Waals surface area (Å²) in [6.45, 7) is 0.896. The monoisotopic (exact) mass is 447 g/mol. The maximum Gasteiger partial charge on any atom is 0.416 e. The van der Waals surface area contributed by atoms with Crippen LogP contribution in [0.1, 0.15) is 34.9 Å². The Morgan fingerprint density at radius 3 is 2.38 bits per heavy atom. The van der Waals surface area contributed by atoms with Crippen LogP contribution < -0.4 is 0 Å². The summed E-state index contributed by atoms with van der Waals surface area (Å²) >= 11 is 4.79. The highest BCUT2D eigenvalue weighted by molar-refractivity contribution is 9.11. The quantitative estimate of drug-likeness (QED) is 0.680. The number of rotatable bonds is 4. The highest BCUT2D eigenvalue weighted by atomic mass is 79.9. The largest absolute Gasteiger partial charge is 0.481 e. The number of carbonyl (C=O) groups is 1. The summed E-state index contributed by atoms with van der Waals surface area (Å²) in [5.41, 5.74) is -0.432. The summed E-state index contributed by atoms with van der Waals surface area (Å²) in [5.74, 6) is -1.27. The van der Waals surface area contributed by atoms with Crippen LogP contribution in [0.25, 0.3) is 0 Å². The highest BCUT2D eigenvalue weighted by Gasteiger charge is 2.38. The molecule has 0 amide bonds. The molecule has 2 heterocycles. The van der Waals surface area contributed by atoms with Crippen LogP contribution in [0.3, 0.4) is 0 Å². The van der Waals surface area contributed by atoms with E-state index in [0.717, 1.165) is 14.7 Å². The molecule has 1 N–H and O–H groups in total. The molecule has 1 unspecified atom stereocenters. The lowest BCUT2D eigenvalue weighted by molar-refractivity contribution is -0.143. The fourth-order valence-electron chi connectivity index (χ4n) is 3.40. The minimum absolute atomic E-state index is 0.211. The number of thiophene rings is 1. The number of benzene rings is 1. The standard InChI is InChI=1S/C18H17BrF3NO2S/c19-15-6-5-14(26-15)16(23-9-7-11(8-10-23)17(24)25)12-3-1-2-4-13(12)18(20,21)22/h1-6,11,16H,7-10H2,(H,24,25). The molecule has 1 aromatic heterocycles. The van der Waals surface area contributed by atoms with Gasteiger partial charge in [0.2, 0.25) is 0 Å². The van der Waals surface area contributed by atoms with E-state index >= 15 is 0 Å². The Morgan fingerprint density at radius 2 is 1.85 bits per heavy atom. The number of hydrogen-bond donors (Lipinski definition) is 1. The maximum absolute atomic E-state index is 13.6. The van der Waals surface area contributed by atoms with E-state index in [2.05, 4.69) is 15.9 Å².